The minimum Gasteiger partial charge on any atom is -0.497 e. The Morgan fingerprint density at radius 3 is 2.41 bits per heavy atom. The van der Waals surface area contributed by atoms with Crippen molar-refractivity contribution in [2.24, 2.45) is 0 Å². The molecule has 0 bridgehead atoms. The molecule has 0 saturated heterocycles. The fourth-order valence-corrected chi connectivity index (χ4v) is 2.65. The topological polar surface area (TPSA) is 58.6 Å². The maximum atomic E-state index is 13.9. The summed E-state index contributed by atoms with van der Waals surface area (Å²) in [5, 5.41) is 2.74. The molecule has 2 amide bonds. The highest BCUT2D eigenvalue weighted by molar-refractivity contribution is 5.92. The summed E-state index contributed by atoms with van der Waals surface area (Å²) in [6, 6.07) is 10.9. The third-order valence-electron chi connectivity index (χ3n) is 4.02. The highest BCUT2D eigenvalue weighted by atomic mass is 19.1. The number of rotatable bonds is 8. The van der Waals surface area contributed by atoms with E-state index in [1.807, 2.05) is 24.3 Å². The van der Waals surface area contributed by atoms with Gasteiger partial charge in [-0.1, -0.05) is 18.2 Å². The number of benzene rings is 2. The number of hydrogen-bond acceptors (Lipinski definition) is 3. The molecule has 0 fully saturated rings. The average Bonchev–Trinajstić information content (AvgIpc) is 2.64. The van der Waals surface area contributed by atoms with E-state index in [0.717, 1.165) is 28.3 Å². The molecule has 1 N–H and O–H groups in total. The molecule has 144 valence electrons. The van der Waals surface area contributed by atoms with Crippen LogP contribution >= 0.6 is 0 Å². The number of ether oxygens (including phenoxy) is 1. The third kappa shape index (κ3) is 5.77. The van der Waals surface area contributed by atoms with Crippen LogP contribution in [0, 0.1) is 11.6 Å². The lowest BCUT2D eigenvalue weighted by Crippen LogP contribution is -2.35. The Hall–Kier alpha value is -2.96. The number of nitrogens with one attached hydrogen (secondary N) is 1. The summed E-state index contributed by atoms with van der Waals surface area (Å²) in [6.07, 6.45) is 0.548. The van der Waals surface area contributed by atoms with Crippen LogP contribution in [0.1, 0.15) is 18.9 Å². The number of nitrogens with zero attached hydrogens (tertiary/aromatic N) is 1. The first kappa shape index (κ1) is 20.4. The Kier molecular flexibility index (Phi) is 7.28. The van der Waals surface area contributed by atoms with Crippen molar-refractivity contribution in [1.82, 2.24) is 5.32 Å². The van der Waals surface area contributed by atoms with Gasteiger partial charge in [-0.15, -0.1) is 0 Å². The molecule has 7 heteroatoms. The Labute approximate surface area is 156 Å². The molecule has 0 aliphatic carbocycles. The molecule has 0 saturated carbocycles. The number of carbonyl (C=O) groups excluding carboxylic acids is 2. The zero-order valence-corrected chi connectivity index (χ0v) is 15.3. The SMILES string of the molecule is COc1cccc(CCNC(=O)CCN(C(C)=O)c2c(F)cccc2F)c1. The van der Waals surface area contributed by atoms with Crippen LogP contribution in [-0.4, -0.2) is 32.0 Å². The van der Waals surface area contributed by atoms with Gasteiger partial charge in [-0.05, 0) is 36.2 Å². The second kappa shape index (κ2) is 9.66. The van der Waals surface area contributed by atoms with E-state index in [9.17, 15) is 18.4 Å². The number of anilines is 1. The van der Waals surface area contributed by atoms with E-state index < -0.39 is 23.2 Å². The zero-order valence-electron chi connectivity index (χ0n) is 15.3. The molecule has 0 atom stereocenters. The first-order valence-corrected chi connectivity index (χ1v) is 8.54. The predicted molar refractivity (Wildman–Crippen MR) is 98.7 cm³/mol. The van der Waals surface area contributed by atoms with E-state index in [-0.39, 0.29) is 18.9 Å². The van der Waals surface area contributed by atoms with Crippen molar-refractivity contribution >= 4 is 17.5 Å². The maximum absolute atomic E-state index is 13.9. The molecular formula is C20H22F2N2O3. The zero-order chi connectivity index (χ0) is 19.8. The number of para-hydroxylation sites is 1. The lowest BCUT2D eigenvalue weighted by molar-refractivity contribution is -0.121. The van der Waals surface area contributed by atoms with Crippen molar-refractivity contribution in [3.63, 3.8) is 0 Å². The lowest BCUT2D eigenvalue weighted by Gasteiger charge is -2.22. The van der Waals surface area contributed by atoms with Gasteiger partial charge < -0.3 is 15.0 Å². The average molecular weight is 376 g/mol. The van der Waals surface area contributed by atoms with Crippen LogP contribution in [0.4, 0.5) is 14.5 Å². The number of methoxy groups -OCH3 is 1. The standard InChI is InChI=1S/C20H22F2N2O3/c1-14(25)24(20-17(21)7-4-8-18(20)22)12-10-19(26)23-11-9-15-5-3-6-16(13-15)27-2/h3-8,13H,9-12H2,1-2H3,(H,23,26). The van der Waals surface area contributed by atoms with Gasteiger partial charge in [0.25, 0.3) is 0 Å². The summed E-state index contributed by atoms with van der Waals surface area (Å²) >= 11 is 0. The van der Waals surface area contributed by atoms with Gasteiger partial charge in [0.1, 0.15) is 23.1 Å². The van der Waals surface area contributed by atoms with Gasteiger partial charge in [0.2, 0.25) is 11.8 Å². The van der Waals surface area contributed by atoms with Crippen LogP contribution in [0.3, 0.4) is 0 Å². The summed E-state index contributed by atoms with van der Waals surface area (Å²) in [6.45, 7) is 1.49. The molecule has 0 aromatic heterocycles. The highest BCUT2D eigenvalue weighted by Gasteiger charge is 2.20. The molecule has 2 aromatic rings. The van der Waals surface area contributed by atoms with Crippen LogP contribution in [0.25, 0.3) is 0 Å². The van der Waals surface area contributed by atoms with Gasteiger partial charge in [-0.2, -0.15) is 0 Å². The van der Waals surface area contributed by atoms with E-state index in [4.69, 9.17) is 4.74 Å². The smallest absolute Gasteiger partial charge is 0.224 e. The van der Waals surface area contributed by atoms with Gasteiger partial charge >= 0.3 is 0 Å². The Morgan fingerprint density at radius 1 is 1.11 bits per heavy atom. The largest absolute Gasteiger partial charge is 0.497 e. The Morgan fingerprint density at radius 2 is 1.78 bits per heavy atom. The van der Waals surface area contributed by atoms with Crippen molar-refractivity contribution < 1.29 is 23.1 Å². The van der Waals surface area contributed by atoms with Crippen molar-refractivity contribution in [1.29, 1.82) is 0 Å². The first-order chi connectivity index (χ1) is 12.9. The molecule has 27 heavy (non-hydrogen) atoms. The molecule has 0 heterocycles. The van der Waals surface area contributed by atoms with Crippen molar-refractivity contribution in [2.45, 2.75) is 19.8 Å². The molecule has 0 spiro atoms. The van der Waals surface area contributed by atoms with Crippen LogP contribution in [0.2, 0.25) is 0 Å². The second-order valence-corrected chi connectivity index (χ2v) is 5.94. The summed E-state index contributed by atoms with van der Waals surface area (Å²) < 4.78 is 32.9. The summed E-state index contributed by atoms with van der Waals surface area (Å²) in [5.41, 5.74) is 0.572. The normalized spacial score (nSPS) is 10.4. The van der Waals surface area contributed by atoms with Gasteiger partial charge in [0, 0.05) is 26.4 Å². The van der Waals surface area contributed by atoms with Gasteiger partial charge in [0.05, 0.1) is 7.11 Å². The van der Waals surface area contributed by atoms with E-state index in [2.05, 4.69) is 5.32 Å². The Bertz CT molecular complexity index is 791. The quantitative estimate of drug-likeness (QED) is 0.770. The molecular weight excluding hydrogens is 354 g/mol. The van der Waals surface area contributed by atoms with Gasteiger partial charge in [-0.3, -0.25) is 9.59 Å². The minimum absolute atomic E-state index is 0.0640. The molecule has 2 rings (SSSR count). The fourth-order valence-electron chi connectivity index (χ4n) is 2.65. The van der Waals surface area contributed by atoms with Crippen LogP contribution < -0.4 is 15.0 Å². The van der Waals surface area contributed by atoms with Crippen LogP contribution in [-0.2, 0) is 16.0 Å². The monoisotopic (exact) mass is 376 g/mol. The number of amides is 2. The lowest BCUT2D eigenvalue weighted by atomic mass is 10.1. The number of carbonyl (C=O) groups is 2. The predicted octanol–water partition coefficient (Wildman–Crippen LogP) is 3.08. The molecule has 0 radical (unpaired) electrons. The summed E-state index contributed by atoms with van der Waals surface area (Å²) in [4.78, 5) is 24.7. The van der Waals surface area contributed by atoms with E-state index >= 15 is 0 Å². The molecule has 0 aliphatic heterocycles. The molecule has 5 nitrogen and oxygen atoms in total. The number of halogens is 2. The fraction of sp³-hybridized carbons (Fsp3) is 0.300. The summed E-state index contributed by atoms with van der Waals surface area (Å²) in [5.74, 6) is -1.79. The second-order valence-electron chi connectivity index (χ2n) is 5.94. The first-order valence-electron chi connectivity index (χ1n) is 8.54. The van der Waals surface area contributed by atoms with E-state index in [1.54, 1.807) is 7.11 Å². The number of hydrogen-bond donors (Lipinski definition) is 1. The maximum Gasteiger partial charge on any atom is 0.224 e. The van der Waals surface area contributed by atoms with Gasteiger partial charge in [0.15, 0.2) is 0 Å². The van der Waals surface area contributed by atoms with E-state index in [1.165, 1.54) is 13.0 Å². The van der Waals surface area contributed by atoms with Crippen molar-refractivity contribution in [3.8, 4) is 5.75 Å². The van der Waals surface area contributed by atoms with E-state index in [0.29, 0.717) is 13.0 Å². The highest BCUT2D eigenvalue weighted by Crippen LogP contribution is 2.23. The summed E-state index contributed by atoms with van der Waals surface area (Å²) in [7, 11) is 1.58. The van der Waals surface area contributed by atoms with Crippen LogP contribution in [0.15, 0.2) is 42.5 Å². The van der Waals surface area contributed by atoms with Gasteiger partial charge in [-0.25, -0.2) is 8.78 Å². The minimum atomic E-state index is -0.844. The Balaban J connectivity index is 1.88. The van der Waals surface area contributed by atoms with Crippen molar-refractivity contribution in [3.05, 3.63) is 59.7 Å². The molecule has 0 aliphatic rings. The third-order valence-corrected chi connectivity index (χ3v) is 4.02. The van der Waals surface area contributed by atoms with Crippen molar-refractivity contribution in [2.75, 3.05) is 25.1 Å². The van der Waals surface area contributed by atoms with Crippen LogP contribution in [0.5, 0.6) is 5.75 Å². The molecule has 0 unspecified atom stereocenters. The molecule has 2 aromatic carbocycles.